The average molecular weight is 317 g/mol. The molecule has 0 aromatic carbocycles. The fourth-order valence-electron chi connectivity index (χ4n) is 2.13. The number of alkyl halides is 3. The number of rotatable bonds is 7. The molecule has 0 aromatic heterocycles. The molecule has 0 radical (unpaired) electrons. The highest BCUT2D eigenvalue weighted by molar-refractivity contribution is 7.89. The van der Waals surface area contributed by atoms with Crippen molar-refractivity contribution in [3.8, 4) is 0 Å². The van der Waals surface area contributed by atoms with Crippen molar-refractivity contribution >= 4 is 10.0 Å². The fraction of sp³-hybridized carbons (Fsp3) is 1.00. The minimum Gasteiger partial charge on any atom is -0.320 e. The molecule has 0 bridgehead atoms. The van der Waals surface area contributed by atoms with Gasteiger partial charge in [0.05, 0.1) is 12.3 Å². The number of nitrogens with zero attached hydrogens (tertiary/aromatic N) is 2. The molecule has 0 unspecified atom stereocenters. The SMILES string of the molecule is CNCCCCS(=O)(=O)N1CCN(CC(F)(F)F)CC1. The second kappa shape index (κ2) is 7.58. The van der Waals surface area contributed by atoms with Crippen LogP contribution in [0.2, 0.25) is 0 Å². The van der Waals surface area contributed by atoms with Crippen LogP contribution in [0.15, 0.2) is 0 Å². The summed E-state index contributed by atoms with van der Waals surface area (Å²) in [5.41, 5.74) is 0. The summed E-state index contributed by atoms with van der Waals surface area (Å²) in [6, 6.07) is 0. The van der Waals surface area contributed by atoms with E-state index in [1.54, 1.807) is 7.05 Å². The van der Waals surface area contributed by atoms with E-state index in [4.69, 9.17) is 0 Å². The van der Waals surface area contributed by atoms with E-state index in [0.29, 0.717) is 6.42 Å². The zero-order valence-electron chi connectivity index (χ0n) is 11.6. The lowest BCUT2D eigenvalue weighted by Gasteiger charge is -2.34. The minimum absolute atomic E-state index is 0.0634. The van der Waals surface area contributed by atoms with Crippen molar-refractivity contribution in [3.05, 3.63) is 0 Å². The lowest BCUT2D eigenvalue weighted by atomic mass is 10.3. The Morgan fingerprint density at radius 1 is 1.10 bits per heavy atom. The second-order valence-electron chi connectivity index (χ2n) is 4.92. The molecule has 1 aliphatic heterocycles. The first-order chi connectivity index (χ1) is 9.24. The number of piperazine rings is 1. The Morgan fingerprint density at radius 3 is 2.20 bits per heavy atom. The summed E-state index contributed by atoms with van der Waals surface area (Å²) in [7, 11) is -1.53. The van der Waals surface area contributed by atoms with E-state index in [0.717, 1.165) is 13.0 Å². The second-order valence-corrected chi connectivity index (χ2v) is 7.01. The Bertz CT molecular complexity index is 379. The minimum atomic E-state index is -4.23. The summed E-state index contributed by atoms with van der Waals surface area (Å²) in [4.78, 5) is 1.24. The van der Waals surface area contributed by atoms with Crippen LogP contribution in [0.3, 0.4) is 0 Å². The molecular weight excluding hydrogens is 295 g/mol. The number of hydrogen-bond acceptors (Lipinski definition) is 4. The zero-order valence-corrected chi connectivity index (χ0v) is 12.4. The summed E-state index contributed by atoms with van der Waals surface area (Å²) < 4.78 is 62.0. The third-order valence-corrected chi connectivity index (χ3v) is 5.16. The van der Waals surface area contributed by atoms with E-state index in [-0.39, 0.29) is 31.9 Å². The van der Waals surface area contributed by atoms with Crippen molar-refractivity contribution in [2.75, 3.05) is 52.1 Å². The lowest BCUT2D eigenvalue weighted by Crippen LogP contribution is -2.51. The summed E-state index contributed by atoms with van der Waals surface area (Å²) in [5, 5.41) is 2.94. The molecule has 0 atom stereocenters. The van der Waals surface area contributed by atoms with Gasteiger partial charge in [-0.15, -0.1) is 0 Å². The normalized spacial score (nSPS) is 19.4. The van der Waals surface area contributed by atoms with Gasteiger partial charge in [-0.05, 0) is 26.4 Å². The molecule has 1 aliphatic rings. The molecule has 0 aromatic rings. The maximum atomic E-state index is 12.2. The predicted molar refractivity (Wildman–Crippen MR) is 71.0 cm³/mol. The van der Waals surface area contributed by atoms with Gasteiger partial charge in [0.1, 0.15) is 0 Å². The van der Waals surface area contributed by atoms with Gasteiger partial charge in [0, 0.05) is 26.2 Å². The van der Waals surface area contributed by atoms with Crippen molar-refractivity contribution < 1.29 is 21.6 Å². The molecule has 0 spiro atoms. The monoisotopic (exact) mass is 317 g/mol. The molecule has 0 saturated carbocycles. The van der Waals surface area contributed by atoms with Crippen LogP contribution in [0.25, 0.3) is 0 Å². The van der Waals surface area contributed by atoms with E-state index in [2.05, 4.69) is 5.32 Å². The molecule has 1 saturated heterocycles. The summed E-state index contributed by atoms with van der Waals surface area (Å²) in [5.74, 6) is 0.0634. The van der Waals surface area contributed by atoms with Gasteiger partial charge in [-0.25, -0.2) is 8.42 Å². The van der Waals surface area contributed by atoms with Crippen LogP contribution >= 0.6 is 0 Å². The van der Waals surface area contributed by atoms with Crippen LogP contribution < -0.4 is 5.32 Å². The van der Waals surface area contributed by atoms with Crippen LogP contribution in [0, 0.1) is 0 Å². The molecule has 1 heterocycles. The average Bonchev–Trinajstić information content (AvgIpc) is 2.33. The highest BCUT2D eigenvalue weighted by Gasteiger charge is 2.34. The highest BCUT2D eigenvalue weighted by Crippen LogP contribution is 2.18. The molecule has 0 amide bonds. The van der Waals surface area contributed by atoms with E-state index in [1.807, 2.05) is 0 Å². The number of hydrogen-bond donors (Lipinski definition) is 1. The Labute approximate surface area is 118 Å². The van der Waals surface area contributed by atoms with Crippen molar-refractivity contribution in [1.82, 2.24) is 14.5 Å². The smallest absolute Gasteiger partial charge is 0.320 e. The first kappa shape index (κ1) is 17.7. The first-order valence-electron chi connectivity index (χ1n) is 6.66. The number of unbranched alkanes of at least 4 members (excludes halogenated alkanes) is 1. The Kier molecular flexibility index (Phi) is 6.70. The fourth-order valence-corrected chi connectivity index (χ4v) is 3.68. The Morgan fingerprint density at radius 2 is 1.70 bits per heavy atom. The van der Waals surface area contributed by atoms with E-state index in [1.165, 1.54) is 9.21 Å². The van der Waals surface area contributed by atoms with Crippen LogP contribution in [0.5, 0.6) is 0 Å². The molecule has 120 valence electrons. The Hall–Kier alpha value is -0.380. The standard InChI is InChI=1S/C11H22F3N3O2S/c1-15-4-2-3-9-20(18,19)17-7-5-16(6-8-17)10-11(12,13)14/h15H,2-10H2,1H3. The molecule has 1 rings (SSSR count). The van der Waals surface area contributed by atoms with Gasteiger partial charge in [-0.2, -0.15) is 17.5 Å². The molecule has 0 aliphatic carbocycles. The predicted octanol–water partition coefficient (Wildman–Crippen LogP) is 0.496. The number of sulfonamides is 1. The lowest BCUT2D eigenvalue weighted by molar-refractivity contribution is -0.148. The Balaban J connectivity index is 2.36. The van der Waals surface area contributed by atoms with Crippen molar-refractivity contribution in [2.24, 2.45) is 0 Å². The third-order valence-electron chi connectivity index (χ3n) is 3.21. The highest BCUT2D eigenvalue weighted by atomic mass is 32.2. The summed E-state index contributed by atoms with van der Waals surface area (Å²) in [6.07, 6.45) is -2.90. The van der Waals surface area contributed by atoms with Crippen molar-refractivity contribution in [2.45, 2.75) is 19.0 Å². The molecule has 20 heavy (non-hydrogen) atoms. The van der Waals surface area contributed by atoms with Crippen molar-refractivity contribution in [1.29, 1.82) is 0 Å². The molecule has 1 fully saturated rings. The maximum absolute atomic E-state index is 12.2. The van der Waals surface area contributed by atoms with E-state index >= 15 is 0 Å². The van der Waals surface area contributed by atoms with Gasteiger partial charge in [-0.3, -0.25) is 4.90 Å². The molecular formula is C11H22F3N3O2S. The van der Waals surface area contributed by atoms with E-state index < -0.39 is 22.7 Å². The van der Waals surface area contributed by atoms with Crippen LogP contribution in [0.4, 0.5) is 13.2 Å². The molecule has 1 N–H and O–H groups in total. The zero-order chi connectivity index (χ0) is 15.2. The maximum Gasteiger partial charge on any atom is 0.401 e. The van der Waals surface area contributed by atoms with Gasteiger partial charge in [-0.1, -0.05) is 0 Å². The topological polar surface area (TPSA) is 52.7 Å². The third kappa shape index (κ3) is 6.38. The first-order valence-corrected chi connectivity index (χ1v) is 8.27. The van der Waals surface area contributed by atoms with Gasteiger partial charge >= 0.3 is 6.18 Å². The molecule has 9 heteroatoms. The quantitative estimate of drug-likeness (QED) is 0.695. The summed E-state index contributed by atoms with van der Waals surface area (Å²) in [6.45, 7) is 0.345. The van der Waals surface area contributed by atoms with Crippen LogP contribution in [-0.2, 0) is 10.0 Å². The van der Waals surface area contributed by atoms with Crippen LogP contribution in [-0.4, -0.2) is 75.9 Å². The number of halogens is 3. The van der Waals surface area contributed by atoms with Gasteiger partial charge in [0.15, 0.2) is 0 Å². The summed E-state index contributed by atoms with van der Waals surface area (Å²) >= 11 is 0. The van der Waals surface area contributed by atoms with E-state index in [9.17, 15) is 21.6 Å². The van der Waals surface area contributed by atoms with Gasteiger partial charge < -0.3 is 5.32 Å². The van der Waals surface area contributed by atoms with Gasteiger partial charge in [0.2, 0.25) is 10.0 Å². The molecule has 5 nitrogen and oxygen atoms in total. The van der Waals surface area contributed by atoms with Crippen molar-refractivity contribution in [3.63, 3.8) is 0 Å². The van der Waals surface area contributed by atoms with Crippen LogP contribution in [0.1, 0.15) is 12.8 Å². The largest absolute Gasteiger partial charge is 0.401 e. The van der Waals surface area contributed by atoms with Gasteiger partial charge in [0.25, 0.3) is 0 Å². The number of nitrogens with one attached hydrogen (secondary N) is 1.